The Morgan fingerprint density at radius 2 is 1.91 bits per heavy atom. The van der Waals surface area contributed by atoms with Crippen molar-refractivity contribution < 1.29 is 17.9 Å². The van der Waals surface area contributed by atoms with Crippen molar-refractivity contribution >= 4 is 21.6 Å². The third-order valence-corrected chi connectivity index (χ3v) is 10.2. The first kappa shape index (κ1) is 25.4. The van der Waals surface area contributed by atoms with E-state index in [4.69, 9.17) is 4.74 Å². The third kappa shape index (κ3) is 4.72. The summed E-state index contributed by atoms with van der Waals surface area (Å²) in [5.74, 6) is 0.411. The first-order chi connectivity index (χ1) is 15.9. The second-order valence-electron chi connectivity index (χ2n) is 11.3. The van der Waals surface area contributed by atoms with Gasteiger partial charge in [0.2, 0.25) is 10.0 Å². The van der Waals surface area contributed by atoms with Gasteiger partial charge in [-0.1, -0.05) is 20.8 Å². The van der Waals surface area contributed by atoms with Crippen LogP contribution in [0.2, 0.25) is 0 Å². The molecule has 9 heteroatoms. The average Bonchev–Trinajstić information content (AvgIpc) is 3.28. The molecule has 0 aromatic heterocycles. The molecule has 2 bridgehead atoms. The molecule has 0 spiro atoms. The number of amides is 1. The first-order valence-corrected chi connectivity index (χ1v) is 13.8. The zero-order valence-corrected chi connectivity index (χ0v) is 22.0. The number of carbonyl (C=O) groups is 1. The molecule has 1 saturated heterocycles. The normalized spacial score (nSPS) is 28.9. The Kier molecular flexibility index (Phi) is 7.03. The highest BCUT2D eigenvalue weighted by Gasteiger charge is 2.59. The topological polar surface area (TPSA) is 91.0 Å². The van der Waals surface area contributed by atoms with Gasteiger partial charge in [0, 0.05) is 37.8 Å². The van der Waals surface area contributed by atoms with Crippen molar-refractivity contribution in [3.8, 4) is 0 Å². The maximum Gasteiger partial charge on any atom is 0.251 e. The largest absolute Gasteiger partial charge is 0.383 e. The highest BCUT2D eigenvalue weighted by molar-refractivity contribution is 7.89. The molecule has 2 saturated carbocycles. The number of carbonyl (C=O) groups excluding carboxylic acids is 1. The van der Waals surface area contributed by atoms with Gasteiger partial charge in [0.15, 0.2) is 0 Å². The Hall–Kier alpha value is -1.68. The number of benzene rings is 1. The van der Waals surface area contributed by atoms with Crippen molar-refractivity contribution in [2.24, 2.45) is 16.7 Å². The molecule has 190 valence electrons. The molecule has 3 aliphatic rings. The molecule has 3 fully saturated rings. The molecule has 2 aliphatic carbocycles. The van der Waals surface area contributed by atoms with Crippen LogP contribution in [0, 0.1) is 16.7 Å². The van der Waals surface area contributed by atoms with Crippen molar-refractivity contribution in [2.75, 3.05) is 58.8 Å². The van der Waals surface area contributed by atoms with Crippen molar-refractivity contribution in [2.45, 2.75) is 51.0 Å². The number of morpholine rings is 1. The lowest BCUT2D eigenvalue weighted by Gasteiger charge is -2.43. The van der Waals surface area contributed by atoms with Gasteiger partial charge in [-0.3, -0.25) is 4.79 Å². The standard InChI is InChI=1S/C25H40N4O4S/c1-24(2)19-8-9-25(3,17-19)23(24)27-22(30)18-6-7-20(26-10-11-28(4)5)21(16-18)34(31,32)29-12-14-33-15-13-29/h6-7,16,19,23,26H,8-15,17H2,1-5H3,(H,27,30)/t19-,23?,25+/m1/s1. The van der Waals surface area contributed by atoms with Gasteiger partial charge in [-0.05, 0) is 68.3 Å². The Morgan fingerprint density at radius 3 is 2.53 bits per heavy atom. The summed E-state index contributed by atoms with van der Waals surface area (Å²) in [6.07, 6.45) is 3.47. The summed E-state index contributed by atoms with van der Waals surface area (Å²) in [7, 11) is 0.168. The molecule has 8 nitrogen and oxygen atoms in total. The van der Waals surface area contributed by atoms with Crippen LogP contribution in [0.15, 0.2) is 23.1 Å². The molecule has 34 heavy (non-hydrogen) atoms. The quantitative estimate of drug-likeness (QED) is 0.580. The van der Waals surface area contributed by atoms with E-state index in [1.54, 1.807) is 18.2 Å². The van der Waals surface area contributed by atoms with E-state index in [0.717, 1.165) is 19.4 Å². The molecule has 1 aliphatic heterocycles. The van der Waals surface area contributed by atoms with Gasteiger partial charge in [-0.25, -0.2) is 8.42 Å². The maximum atomic E-state index is 13.6. The molecule has 4 rings (SSSR count). The van der Waals surface area contributed by atoms with E-state index in [9.17, 15) is 13.2 Å². The summed E-state index contributed by atoms with van der Waals surface area (Å²) >= 11 is 0. The van der Waals surface area contributed by atoms with Crippen molar-refractivity contribution in [3.05, 3.63) is 23.8 Å². The third-order valence-electron chi connectivity index (χ3n) is 8.25. The van der Waals surface area contributed by atoms with E-state index in [-0.39, 0.29) is 27.7 Å². The lowest BCUT2D eigenvalue weighted by Crippen LogP contribution is -2.52. The van der Waals surface area contributed by atoms with Gasteiger partial charge >= 0.3 is 0 Å². The van der Waals surface area contributed by atoms with Gasteiger partial charge in [-0.2, -0.15) is 4.31 Å². The number of nitrogens with one attached hydrogen (secondary N) is 2. The van der Waals surface area contributed by atoms with Crippen molar-refractivity contribution in [1.29, 1.82) is 0 Å². The number of anilines is 1. The zero-order chi connectivity index (χ0) is 24.7. The Balaban J connectivity index is 1.62. The van der Waals surface area contributed by atoms with Gasteiger partial charge in [-0.15, -0.1) is 0 Å². The monoisotopic (exact) mass is 492 g/mol. The van der Waals surface area contributed by atoms with Crippen LogP contribution in [0.1, 0.15) is 50.4 Å². The van der Waals surface area contributed by atoms with Gasteiger partial charge in [0.1, 0.15) is 4.90 Å². The summed E-state index contributed by atoms with van der Waals surface area (Å²) in [5.41, 5.74) is 1.03. The number of likely N-dealkylation sites (N-methyl/N-ethyl adjacent to an activating group) is 1. The predicted octanol–water partition coefficient (Wildman–Crippen LogP) is 2.63. The van der Waals surface area contributed by atoms with Crippen LogP contribution in [0.25, 0.3) is 0 Å². The van der Waals surface area contributed by atoms with Crippen LogP contribution in [0.3, 0.4) is 0 Å². The number of sulfonamides is 1. The summed E-state index contributed by atoms with van der Waals surface area (Å²) in [4.78, 5) is 15.6. The zero-order valence-electron chi connectivity index (χ0n) is 21.2. The highest BCUT2D eigenvalue weighted by atomic mass is 32.2. The van der Waals surface area contributed by atoms with E-state index in [1.807, 2.05) is 19.0 Å². The van der Waals surface area contributed by atoms with Crippen LogP contribution in [-0.2, 0) is 14.8 Å². The number of hydrogen-bond donors (Lipinski definition) is 2. The fourth-order valence-corrected chi connectivity index (χ4v) is 7.84. The minimum absolute atomic E-state index is 0.0268. The maximum absolute atomic E-state index is 13.6. The molecule has 1 heterocycles. The van der Waals surface area contributed by atoms with Crippen LogP contribution >= 0.6 is 0 Å². The number of rotatable bonds is 8. The molecule has 0 radical (unpaired) electrons. The Morgan fingerprint density at radius 1 is 1.21 bits per heavy atom. The van der Waals surface area contributed by atoms with E-state index in [2.05, 4.69) is 31.4 Å². The van der Waals surface area contributed by atoms with Gasteiger partial charge in [0.05, 0.1) is 18.9 Å². The number of fused-ring (bicyclic) bond motifs is 2. The smallest absolute Gasteiger partial charge is 0.251 e. The van der Waals surface area contributed by atoms with Crippen molar-refractivity contribution in [1.82, 2.24) is 14.5 Å². The second kappa shape index (κ2) is 9.41. The summed E-state index contributed by atoms with van der Waals surface area (Å²) in [6, 6.07) is 5.07. The average molecular weight is 493 g/mol. The van der Waals surface area contributed by atoms with Crippen LogP contribution in [-0.4, -0.2) is 83.1 Å². The number of hydrogen-bond acceptors (Lipinski definition) is 6. The Labute approximate surface area is 204 Å². The van der Waals surface area contributed by atoms with E-state index in [1.165, 1.54) is 10.7 Å². The molecule has 3 atom stereocenters. The molecule has 1 unspecified atom stereocenters. The molecular formula is C25H40N4O4S. The first-order valence-electron chi connectivity index (χ1n) is 12.4. The minimum atomic E-state index is -3.77. The SMILES string of the molecule is CN(C)CCNc1ccc(C(=O)NC2C(C)(C)[C@@H]3CC[C@@]2(C)C3)cc1S(=O)(=O)N1CCOCC1. The molecule has 1 amide bonds. The lowest BCUT2D eigenvalue weighted by atomic mass is 9.68. The van der Waals surface area contributed by atoms with E-state index < -0.39 is 10.0 Å². The second-order valence-corrected chi connectivity index (χ2v) is 13.2. The summed E-state index contributed by atoms with van der Waals surface area (Å²) in [5, 5.41) is 6.56. The fraction of sp³-hybridized carbons (Fsp3) is 0.720. The fourth-order valence-electron chi connectivity index (χ4n) is 6.24. The van der Waals surface area contributed by atoms with Crippen LogP contribution in [0.5, 0.6) is 0 Å². The van der Waals surface area contributed by atoms with Crippen molar-refractivity contribution in [3.63, 3.8) is 0 Å². The van der Waals surface area contributed by atoms with Crippen LogP contribution in [0.4, 0.5) is 5.69 Å². The molecule has 1 aromatic carbocycles. The molecule has 2 N–H and O–H groups in total. The van der Waals surface area contributed by atoms with Gasteiger partial charge < -0.3 is 20.3 Å². The minimum Gasteiger partial charge on any atom is -0.383 e. The highest BCUT2D eigenvalue weighted by Crippen LogP contribution is 2.62. The molecular weight excluding hydrogens is 452 g/mol. The van der Waals surface area contributed by atoms with E-state index in [0.29, 0.717) is 50.0 Å². The summed E-state index contributed by atoms with van der Waals surface area (Å²) < 4.78 is 33.9. The molecule has 1 aromatic rings. The van der Waals surface area contributed by atoms with Crippen LogP contribution < -0.4 is 10.6 Å². The lowest BCUT2D eigenvalue weighted by molar-refractivity contribution is 0.0729. The predicted molar refractivity (Wildman–Crippen MR) is 134 cm³/mol. The number of nitrogens with zero attached hydrogens (tertiary/aromatic N) is 2. The van der Waals surface area contributed by atoms with Gasteiger partial charge in [0.25, 0.3) is 5.91 Å². The number of ether oxygens (including phenoxy) is 1. The Bertz CT molecular complexity index is 1010. The summed E-state index contributed by atoms with van der Waals surface area (Å²) in [6.45, 7) is 9.50. The van der Waals surface area contributed by atoms with E-state index >= 15 is 0 Å².